The van der Waals surface area contributed by atoms with Gasteiger partial charge in [0.25, 0.3) is 0 Å². The Morgan fingerprint density at radius 2 is 2.16 bits per heavy atom. The Morgan fingerprint density at radius 1 is 1.42 bits per heavy atom. The normalized spacial score (nSPS) is 22.6. The molecule has 0 aliphatic carbocycles. The summed E-state index contributed by atoms with van der Waals surface area (Å²) in [6.07, 6.45) is 3.11. The average Bonchev–Trinajstić information content (AvgIpc) is 2.61. The summed E-state index contributed by atoms with van der Waals surface area (Å²) in [5.41, 5.74) is 3.15. The molecule has 1 unspecified atom stereocenters. The molecule has 1 fully saturated rings. The second-order valence-corrected chi connectivity index (χ2v) is 7.56. The van der Waals surface area contributed by atoms with Crippen LogP contribution in [0.3, 0.4) is 0 Å². The highest BCUT2D eigenvalue weighted by molar-refractivity contribution is 7.91. The molecule has 0 bridgehead atoms. The average molecular weight is 286 g/mol. The molecule has 6 heteroatoms. The molecule has 1 aliphatic heterocycles. The maximum atomic E-state index is 11.7. The van der Waals surface area contributed by atoms with Crippen LogP contribution >= 0.6 is 0 Å². The van der Waals surface area contributed by atoms with Crippen LogP contribution in [-0.4, -0.2) is 41.4 Å². The maximum Gasteiger partial charge on any atom is 0.152 e. The van der Waals surface area contributed by atoms with E-state index in [0.29, 0.717) is 5.75 Å². The van der Waals surface area contributed by atoms with E-state index in [2.05, 4.69) is 5.10 Å². The van der Waals surface area contributed by atoms with Crippen molar-refractivity contribution in [3.63, 3.8) is 0 Å². The van der Waals surface area contributed by atoms with E-state index in [1.807, 2.05) is 18.5 Å². The van der Waals surface area contributed by atoms with Gasteiger partial charge in [0.1, 0.15) is 0 Å². The van der Waals surface area contributed by atoms with Crippen molar-refractivity contribution in [1.82, 2.24) is 9.78 Å². The molecule has 19 heavy (non-hydrogen) atoms. The molecule has 0 amide bonds. The second kappa shape index (κ2) is 5.63. The molecule has 1 aliphatic rings. The summed E-state index contributed by atoms with van der Waals surface area (Å²) in [6, 6.07) is -0.0275. The lowest BCUT2D eigenvalue weighted by Gasteiger charge is -2.23. The largest absolute Gasteiger partial charge is 0.396 e. The number of aromatic nitrogens is 2. The molecular formula is C13H22N2O3S. The van der Waals surface area contributed by atoms with Gasteiger partial charge in [-0.15, -0.1) is 0 Å². The Balaban J connectivity index is 2.25. The number of aliphatic hydroxyl groups excluding tert-OH is 1. The summed E-state index contributed by atoms with van der Waals surface area (Å²) in [5.74, 6) is 0.508. The molecule has 1 aromatic heterocycles. The number of aliphatic hydroxyl groups is 1. The SMILES string of the molecule is Cc1nn(C2CCCS(=O)(=O)C2)c(C)c1CCCO. The van der Waals surface area contributed by atoms with E-state index < -0.39 is 9.84 Å². The molecule has 2 heterocycles. The van der Waals surface area contributed by atoms with Gasteiger partial charge in [-0.1, -0.05) is 0 Å². The molecular weight excluding hydrogens is 264 g/mol. The third-order valence-corrected chi connectivity index (χ3v) is 5.65. The Hall–Kier alpha value is -0.880. The van der Waals surface area contributed by atoms with Crippen molar-refractivity contribution in [3.8, 4) is 0 Å². The number of rotatable bonds is 4. The van der Waals surface area contributed by atoms with Gasteiger partial charge < -0.3 is 5.11 Å². The number of aryl methyl sites for hydroxylation is 1. The number of hydrogen-bond acceptors (Lipinski definition) is 4. The molecule has 1 saturated heterocycles. The zero-order valence-electron chi connectivity index (χ0n) is 11.6. The minimum Gasteiger partial charge on any atom is -0.396 e. The van der Waals surface area contributed by atoms with Crippen molar-refractivity contribution in [2.75, 3.05) is 18.1 Å². The summed E-state index contributed by atoms with van der Waals surface area (Å²) < 4.78 is 25.4. The molecule has 0 radical (unpaired) electrons. The molecule has 2 rings (SSSR count). The summed E-state index contributed by atoms with van der Waals surface area (Å²) >= 11 is 0. The van der Waals surface area contributed by atoms with Gasteiger partial charge in [0, 0.05) is 12.3 Å². The minimum absolute atomic E-state index is 0.0275. The highest BCUT2D eigenvalue weighted by Gasteiger charge is 2.28. The van der Waals surface area contributed by atoms with E-state index in [1.54, 1.807) is 0 Å². The van der Waals surface area contributed by atoms with Crippen LogP contribution in [-0.2, 0) is 16.3 Å². The van der Waals surface area contributed by atoms with Crippen molar-refractivity contribution >= 4 is 9.84 Å². The Labute approximate surface area is 114 Å². The lowest BCUT2D eigenvalue weighted by molar-refractivity contribution is 0.288. The molecule has 108 valence electrons. The van der Waals surface area contributed by atoms with Gasteiger partial charge in [-0.05, 0) is 45.1 Å². The molecule has 1 N–H and O–H groups in total. The highest BCUT2D eigenvalue weighted by atomic mass is 32.2. The van der Waals surface area contributed by atoms with Crippen molar-refractivity contribution < 1.29 is 13.5 Å². The van der Waals surface area contributed by atoms with Gasteiger partial charge in [0.15, 0.2) is 9.84 Å². The quantitative estimate of drug-likeness (QED) is 0.902. The highest BCUT2D eigenvalue weighted by Crippen LogP contribution is 2.26. The number of sulfone groups is 1. The van der Waals surface area contributed by atoms with E-state index in [9.17, 15) is 8.42 Å². The van der Waals surface area contributed by atoms with Gasteiger partial charge in [-0.25, -0.2) is 8.42 Å². The van der Waals surface area contributed by atoms with E-state index in [1.165, 1.54) is 0 Å². The van der Waals surface area contributed by atoms with Crippen LogP contribution in [0, 0.1) is 13.8 Å². The zero-order valence-corrected chi connectivity index (χ0v) is 12.4. The Kier molecular flexibility index (Phi) is 4.30. The molecule has 0 aromatic carbocycles. The van der Waals surface area contributed by atoms with E-state index in [-0.39, 0.29) is 18.4 Å². The van der Waals surface area contributed by atoms with Gasteiger partial charge >= 0.3 is 0 Å². The third-order valence-electron chi connectivity index (χ3n) is 3.84. The first-order valence-corrected chi connectivity index (χ1v) is 8.62. The standard InChI is InChI=1S/C13H22N2O3S/c1-10-13(6-3-7-16)11(2)15(14-10)12-5-4-8-19(17,18)9-12/h12,16H,3-9H2,1-2H3. The van der Waals surface area contributed by atoms with Crippen LogP contribution in [0.2, 0.25) is 0 Å². The topological polar surface area (TPSA) is 72.2 Å². The molecule has 0 saturated carbocycles. The van der Waals surface area contributed by atoms with Gasteiger partial charge in [-0.3, -0.25) is 4.68 Å². The summed E-state index contributed by atoms with van der Waals surface area (Å²) in [4.78, 5) is 0. The van der Waals surface area contributed by atoms with Crippen LogP contribution in [0.4, 0.5) is 0 Å². The van der Waals surface area contributed by atoms with Crippen LogP contribution < -0.4 is 0 Å². The molecule has 0 spiro atoms. The fourth-order valence-corrected chi connectivity index (χ4v) is 4.53. The van der Waals surface area contributed by atoms with Crippen LogP contribution in [0.25, 0.3) is 0 Å². The van der Waals surface area contributed by atoms with Crippen molar-refractivity contribution in [1.29, 1.82) is 0 Å². The van der Waals surface area contributed by atoms with Gasteiger partial charge in [-0.2, -0.15) is 5.10 Å². The minimum atomic E-state index is -2.92. The zero-order chi connectivity index (χ0) is 14.0. The van der Waals surface area contributed by atoms with Crippen molar-refractivity contribution in [2.24, 2.45) is 0 Å². The lowest BCUT2D eigenvalue weighted by Crippen LogP contribution is -2.28. The Bertz CT molecular complexity index is 548. The van der Waals surface area contributed by atoms with Crippen LogP contribution in [0.5, 0.6) is 0 Å². The predicted molar refractivity (Wildman–Crippen MR) is 74.0 cm³/mol. The molecule has 1 atom stereocenters. The fourth-order valence-electron chi connectivity index (χ4n) is 2.86. The van der Waals surface area contributed by atoms with E-state index in [4.69, 9.17) is 5.11 Å². The first kappa shape index (κ1) is 14.5. The summed E-state index contributed by atoms with van der Waals surface area (Å²) in [7, 11) is -2.92. The predicted octanol–water partition coefficient (Wildman–Crippen LogP) is 1.17. The molecule has 1 aromatic rings. The lowest BCUT2D eigenvalue weighted by atomic mass is 10.1. The van der Waals surface area contributed by atoms with Crippen molar-refractivity contribution in [3.05, 3.63) is 17.0 Å². The summed E-state index contributed by atoms with van der Waals surface area (Å²) in [5, 5.41) is 13.4. The summed E-state index contributed by atoms with van der Waals surface area (Å²) in [6.45, 7) is 4.11. The number of nitrogens with zero attached hydrogens (tertiary/aromatic N) is 2. The first-order valence-electron chi connectivity index (χ1n) is 6.80. The van der Waals surface area contributed by atoms with Crippen molar-refractivity contribution in [2.45, 2.75) is 45.6 Å². The third kappa shape index (κ3) is 3.17. The smallest absolute Gasteiger partial charge is 0.152 e. The monoisotopic (exact) mass is 286 g/mol. The second-order valence-electron chi connectivity index (χ2n) is 5.33. The molecule has 5 nitrogen and oxygen atoms in total. The van der Waals surface area contributed by atoms with Gasteiger partial charge in [0.05, 0.1) is 23.2 Å². The maximum absolute atomic E-state index is 11.7. The van der Waals surface area contributed by atoms with E-state index >= 15 is 0 Å². The first-order chi connectivity index (χ1) is 8.94. The number of hydrogen-bond donors (Lipinski definition) is 1. The van der Waals surface area contributed by atoms with Gasteiger partial charge in [0.2, 0.25) is 0 Å². The van der Waals surface area contributed by atoms with E-state index in [0.717, 1.165) is 42.6 Å². The Morgan fingerprint density at radius 3 is 2.79 bits per heavy atom. The van der Waals surface area contributed by atoms with Crippen LogP contribution in [0.1, 0.15) is 42.3 Å². The fraction of sp³-hybridized carbons (Fsp3) is 0.769. The van der Waals surface area contributed by atoms with Crippen LogP contribution in [0.15, 0.2) is 0 Å².